The minimum Gasteiger partial charge on any atom is -0.507 e. The maximum atomic E-state index is 11.8. The van der Waals surface area contributed by atoms with Gasteiger partial charge < -0.3 is 5.11 Å². The Kier molecular flexibility index (Phi) is 4.44. The number of nitrogens with zero attached hydrogens (tertiary/aromatic N) is 2. The molecule has 0 aliphatic rings. The quantitative estimate of drug-likeness (QED) is 0.660. The van der Waals surface area contributed by atoms with Gasteiger partial charge in [0.25, 0.3) is 5.91 Å². The number of phenols is 1. The van der Waals surface area contributed by atoms with Crippen LogP contribution in [0.3, 0.4) is 0 Å². The molecule has 1 amide bonds. The molecular formula is C15H15N3O2. The average Bonchev–Trinajstić information content (AvgIpc) is 2.50. The van der Waals surface area contributed by atoms with Crippen LogP contribution >= 0.6 is 0 Å². The van der Waals surface area contributed by atoms with Crippen molar-refractivity contribution in [2.24, 2.45) is 5.10 Å². The Morgan fingerprint density at radius 1 is 1.25 bits per heavy atom. The number of aromatic hydroxyl groups is 1. The second kappa shape index (κ2) is 6.47. The van der Waals surface area contributed by atoms with E-state index in [4.69, 9.17) is 0 Å². The first-order chi connectivity index (χ1) is 9.72. The number of amides is 1. The number of nitrogens with one attached hydrogen (secondary N) is 1. The number of para-hydroxylation sites is 1. The Balaban J connectivity index is 2.17. The summed E-state index contributed by atoms with van der Waals surface area (Å²) in [4.78, 5) is 15.8. The van der Waals surface area contributed by atoms with Crippen molar-refractivity contribution in [1.29, 1.82) is 0 Å². The normalized spacial score (nSPS) is 11.2. The molecular weight excluding hydrogens is 254 g/mol. The molecule has 0 saturated heterocycles. The van der Waals surface area contributed by atoms with E-state index < -0.39 is 0 Å². The van der Waals surface area contributed by atoms with E-state index in [1.54, 1.807) is 48.7 Å². The van der Waals surface area contributed by atoms with Crippen LogP contribution < -0.4 is 5.43 Å². The zero-order valence-corrected chi connectivity index (χ0v) is 11.1. The third-order valence-electron chi connectivity index (χ3n) is 2.74. The first-order valence-electron chi connectivity index (χ1n) is 6.28. The SMILES string of the molecule is CCC(=NNC(=O)c1ccccn1)c1ccccc1O. The van der Waals surface area contributed by atoms with Crippen molar-refractivity contribution in [2.75, 3.05) is 0 Å². The van der Waals surface area contributed by atoms with E-state index in [1.807, 2.05) is 6.92 Å². The summed E-state index contributed by atoms with van der Waals surface area (Å²) >= 11 is 0. The van der Waals surface area contributed by atoms with E-state index in [9.17, 15) is 9.90 Å². The highest BCUT2D eigenvalue weighted by atomic mass is 16.3. The van der Waals surface area contributed by atoms with Gasteiger partial charge in [-0.15, -0.1) is 0 Å². The lowest BCUT2D eigenvalue weighted by Crippen LogP contribution is -2.21. The van der Waals surface area contributed by atoms with Crippen LogP contribution in [0.25, 0.3) is 0 Å². The second-order valence-corrected chi connectivity index (χ2v) is 4.09. The molecule has 0 fully saturated rings. The fourth-order valence-electron chi connectivity index (χ4n) is 1.72. The molecule has 0 unspecified atom stereocenters. The molecule has 1 aromatic carbocycles. The molecule has 0 spiro atoms. The average molecular weight is 269 g/mol. The lowest BCUT2D eigenvalue weighted by atomic mass is 10.1. The molecule has 0 radical (unpaired) electrons. The number of carbonyl (C=O) groups is 1. The van der Waals surface area contributed by atoms with E-state index in [0.29, 0.717) is 23.4 Å². The number of pyridine rings is 1. The number of phenolic OH excluding ortho intramolecular Hbond substituents is 1. The zero-order valence-electron chi connectivity index (χ0n) is 11.1. The molecule has 5 nitrogen and oxygen atoms in total. The first-order valence-corrected chi connectivity index (χ1v) is 6.28. The number of benzene rings is 1. The van der Waals surface area contributed by atoms with Crippen molar-refractivity contribution in [3.8, 4) is 5.75 Å². The van der Waals surface area contributed by atoms with Gasteiger partial charge in [0.15, 0.2) is 0 Å². The van der Waals surface area contributed by atoms with Gasteiger partial charge in [0.2, 0.25) is 0 Å². The van der Waals surface area contributed by atoms with Gasteiger partial charge in [0.05, 0.1) is 5.71 Å². The van der Waals surface area contributed by atoms with Crippen molar-refractivity contribution < 1.29 is 9.90 Å². The number of rotatable bonds is 4. The molecule has 0 aliphatic carbocycles. The van der Waals surface area contributed by atoms with Gasteiger partial charge in [-0.2, -0.15) is 5.10 Å². The summed E-state index contributed by atoms with van der Waals surface area (Å²) in [6.07, 6.45) is 2.13. The fraction of sp³-hybridized carbons (Fsp3) is 0.133. The summed E-state index contributed by atoms with van der Waals surface area (Å²) < 4.78 is 0. The van der Waals surface area contributed by atoms with E-state index in [0.717, 1.165) is 0 Å². The van der Waals surface area contributed by atoms with Crippen LogP contribution in [0.15, 0.2) is 53.8 Å². The standard InChI is InChI=1S/C15H15N3O2/c1-2-12(11-7-3-4-9-14(11)19)17-18-15(20)13-8-5-6-10-16-13/h3-10,19H,2H2,1H3,(H,18,20). The lowest BCUT2D eigenvalue weighted by molar-refractivity contribution is 0.0950. The number of carbonyl (C=O) groups excluding carboxylic acids is 1. The van der Waals surface area contributed by atoms with Gasteiger partial charge in [-0.3, -0.25) is 9.78 Å². The Hall–Kier alpha value is -2.69. The van der Waals surface area contributed by atoms with Gasteiger partial charge in [-0.1, -0.05) is 25.1 Å². The largest absolute Gasteiger partial charge is 0.507 e. The predicted molar refractivity (Wildman–Crippen MR) is 76.6 cm³/mol. The number of hydrogen-bond acceptors (Lipinski definition) is 4. The molecule has 0 bridgehead atoms. The maximum Gasteiger partial charge on any atom is 0.289 e. The van der Waals surface area contributed by atoms with Crippen LogP contribution in [0.1, 0.15) is 29.4 Å². The van der Waals surface area contributed by atoms with Gasteiger partial charge in [-0.25, -0.2) is 5.43 Å². The van der Waals surface area contributed by atoms with Gasteiger partial charge in [0, 0.05) is 11.8 Å². The molecule has 0 atom stereocenters. The first kappa shape index (κ1) is 13.7. The van der Waals surface area contributed by atoms with E-state index in [-0.39, 0.29) is 11.7 Å². The van der Waals surface area contributed by atoms with Crippen LogP contribution in [-0.2, 0) is 0 Å². The minimum absolute atomic E-state index is 0.139. The Morgan fingerprint density at radius 3 is 2.65 bits per heavy atom. The third-order valence-corrected chi connectivity index (χ3v) is 2.74. The second-order valence-electron chi connectivity index (χ2n) is 4.09. The van der Waals surface area contributed by atoms with Crippen molar-refractivity contribution in [3.63, 3.8) is 0 Å². The predicted octanol–water partition coefficient (Wildman–Crippen LogP) is 2.33. The van der Waals surface area contributed by atoms with Crippen molar-refractivity contribution in [1.82, 2.24) is 10.4 Å². The lowest BCUT2D eigenvalue weighted by Gasteiger charge is -2.06. The van der Waals surface area contributed by atoms with Gasteiger partial charge in [0.1, 0.15) is 11.4 Å². The van der Waals surface area contributed by atoms with Crippen LogP contribution in [0.4, 0.5) is 0 Å². The summed E-state index contributed by atoms with van der Waals surface area (Å²) in [5.41, 5.74) is 3.96. The maximum absolute atomic E-state index is 11.8. The van der Waals surface area contributed by atoms with Gasteiger partial charge in [-0.05, 0) is 30.7 Å². The zero-order chi connectivity index (χ0) is 14.4. The molecule has 0 saturated carbocycles. The van der Waals surface area contributed by atoms with Crippen LogP contribution in [0.2, 0.25) is 0 Å². The fourth-order valence-corrected chi connectivity index (χ4v) is 1.72. The molecule has 1 heterocycles. The molecule has 1 aromatic heterocycles. The monoisotopic (exact) mass is 269 g/mol. The smallest absolute Gasteiger partial charge is 0.289 e. The number of aromatic nitrogens is 1. The molecule has 2 N–H and O–H groups in total. The molecule has 2 rings (SSSR count). The summed E-state index contributed by atoms with van der Waals surface area (Å²) in [5.74, 6) is -0.243. The van der Waals surface area contributed by atoms with E-state index in [2.05, 4.69) is 15.5 Å². The number of hydrogen-bond donors (Lipinski definition) is 2. The van der Waals surface area contributed by atoms with Crippen LogP contribution in [0, 0.1) is 0 Å². The van der Waals surface area contributed by atoms with Gasteiger partial charge >= 0.3 is 0 Å². The van der Waals surface area contributed by atoms with Crippen LogP contribution in [-0.4, -0.2) is 21.7 Å². The van der Waals surface area contributed by atoms with E-state index >= 15 is 0 Å². The van der Waals surface area contributed by atoms with Crippen molar-refractivity contribution >= 4 is 11.6 Å². The Morgan fingerprint density at radius 2 is 2.00 bits per heavy atom. The highest BCUT2D eigenvalue weighted by molar-refractivity contribution is 6.03. The summed E-state index contributed by atoms with van der Waals surface area (Å²) in [5, 5.41) is 13.9. The molecule has 102 valence electrons. The van der Waals surface area contributed by atoms with Crippen molar-refractivity contribution in [3.05, 3.63) is 59.9 Å². The topological polar surface area (TPSA) is 74.6 Å². The van der Waals surface area contributed by atoms with E-state index in [1.165, 1.54) is 0 Å². The molecule has 2 aromatic rings. The minimum atomic E-state index is -0.382. The summed E-state index contributed by atoms with van der Waals surface area (Å²) in [7, 11) is 0. The number of hydrazone groups is 1. The summed E-state index contributed by atoms with van der Waals surface area (Å²) in [6, 6.07) is 12.0. The van der Waals surface area contributed by atoms with Crippen molar-refractivity contribution in [2.45, 2.75) is 13.3 Å². The highest BCUT2D eigenvalue weighted by Gasteiger charge is 2.09. The Bertz CT molecular complexity index is 624. The third kappa shape index (κ3) is 3.20. The highest BCUT2D eigenvalue weighted by Crippen LogP contribution is 2.17. The molecule has 20 heavy (non-hydrogen) atoms. The molecule has 5 heteroatoms. The summed E-state index contributed by atoms with van der Waals surface area (Å²) in [6.45, 7) is 1.90. The van der Waals surface area contributed by atoms with Crippen LogP contribution in [0.5, 0.6) is 5.75 Å². The Labute approximate surface area is 117 Å². The molecule has 0 aliphatic heterocycles.